The molecule has 0 saturated heterocycles. The number of nitrogens with zero attached hydrogens (tertiary/aromatic N) is 2. The zero-order chi connectivity index (χ0) is 5.28. The van der Waals surface area contributed by atoms with Crippen molar-refractivity contribution < 1.29 is 4.42 Å². The number of nitrogen functional groups attached to an aromatic ring is 1. The average molecular weight is 180 g/mol. The highest BCUT2D eigenvalue weighted by Crippen LogP contribution is 1.95. The summed E-state index contributed by atoms with van der Waals surface area (Å²) < 4.78 is 4.64. The van der Waals surface area contributed by atoms with Gasteiger partial charge in [-0.3, -0.25) is 0 Å². The van der Waals surface area contributed by atoms with E-state index < -0.39 is 0 Å². The maximum Gasteiger partial charge on any atom is 0.312 e. The van der Waals surface area contributed by atoms with Crippen LogP contribution in [0.3, 0.4) is 0 Å². The molecule has 0 unspecified atom stereocenters. The summed E-state index contributed by atoms with van der Waals surface area (Å²) in [5.74, 6) is 0.498. The van der Waals surface area contributed by atoms with Gasteiger partial charge in [0.2, 0.25) is 5.89 Å². The van der Waals surface area contributed by atoms with Gasteiger partial charge in [-0.15, -0.1) is 22.1 Å². The molecule has 0 spiro atoms. The van der Waals surface area contributed by atoms with E-state index >= 15 is 0 Å². The van der Waals surface area contributed by atoms with E-state index in [-0.39, 0.29) is 23.0 Å². The Bertz CT molecular complexity index is 147. The van der Waals surface area contributed by atoms with Gasteiger partial charge >= 0.3 is 6.01 Å². The molecule has 0 saturated carbocycles. The molecule has 1 aromatic heterocycles. The van der Waals surface area contributed by atoms with Crippen LogP contribution in [-0.2, 0) is 0 Å². The maximum absolute atomic E-state index is 5.04. The summed E-state index contributed by atoms with van der Waals surface area (Å²) in [6, 6.07) is 0.123. The Hall–Kier alpha value is -0.580. The second-order valence-electron chi connectivity index (χ2n) is 1.16. The van der Waals surface area contributed by atoms with Gasteiger partial charge in [-0.05, 0) is 0 Å². The number of rotatable bonds is 0. The molecule has 0 atom stereocenters. The van der Waals surface area contributed by atoms with Gasteiger partial charge in [0.1, 0.15) is 0 Å². The Morgan fingerprint density at radius 2 is 2.12 bits per heavy atom. The van der Waals surface area contributed by atoms with Gasteiger partial charge in [0.05, 0.1) is 0 Å². The van der Waals surface area contributed by atoms with Crippen LogP contribution >= 0.6 is 17.0 Å². The summed E-state index contributed by atoms with van der Waals surface area (Å²) in [6.45, 7) is 1.68. The highest BCUT2D eigenvalue weighted by atomic mass is 79.9. The largest absolute Gasteiger partial charge is 0.409 e. The van der Waals surface area contributed by atoms with Crippen molar-refractivity contribution in [2.45, 2.75) is 6.92 Å². The monoisotopic (exact) mass is 179 g/mol. The molecular formula is C3H6BrN3O. The Morgan fingerprint density at radius 1 is 1.50 bits per heavy atom. The Morgan fingerprint density at radius 3 is 2.25 bits per heavy atom. The van der Waals surface area contributed by atoms with Gasteiger partial charge in [-0.2, -0.15) is 0 Å². The lowest BCUT2D eigenvalue weighted by molar-refractivity contribution is 0.537. The minimum absolute atomic E-state index is 0. The van der Waals surface area contributed by atoms with Crippen molar-refractivity contribution in [1.29, 1.82) is 0 Å². The summed E-state index contributed by atoms with van der Waals surface area (Å²) in [5, 5.41) is 6.85. The number of halogens is 1. The number of hydrogen-bond acceptors (Lipinski definition) is 4. The summed E-state index contributed by atoms with van der Waals surface area (Å²) in [4.78, 5) is 0. The Balaban J connectivity index is 0.000000490. The Kier molecular flexibility index (Phi) is 2.47. The molecule has 8 heavy (non-hydrogen) atoms. The van der Waals surface area contributed by atoms with Crippen LogP contribution in [0, 0.1) is 6.92 Å². The average Bonchev–Trinajstić information content (AvgIpc) is 1.87. The minimum Gasteiger partial charge on any atom is -0.409 e. The third-order valence-corrected chi connectivity index (χ3v) is 0.542. The maximum atomic E-state index is 5.04. The van der Waals surface area contributed by atoms with E-state index in [1.54, 1.807) is 6.92 Å². The first-order chi connectivity index (χ1) is 3.29. The first-order valence-corrected chi connectivity index (χ1v) is 1.84. The van der Waals surface area contributed by atoms with E-state index in [0.29, 0.717) is 5.89 Å². The molecule has 1 heterocycles. The molecule has 4 nitrogen and oxygen atoms in total. The summed E-state index contributed by atoms with van der Waals surface area (Å²) in [6.07, 6.45) is 0. The molecule has 0 aliphatic rings. The van der Waals surface area contributed by atoms with Crippen molar-refractivity contribution in [3.8, 4) is 0 Å². The van der Waals surface area contributed by atoms with E-state index in [4.69, 9.17) is 5.73 Å². The van der Waals surface area contributed by atoms with Crippen LogP contribution in [0.1, 0.15) is 5.89 Å². The van der Waals surface area contributed by atoms with Gasteiger partial charge in [0.25, 0.3) is 0 Å². The normalized spacial score (nSPS) is 8.12. The van der Waals surface area contributed by atoms with Crippen molar-refractivity contribution in [2.24, 2.45) is 0 Å². The van der Waals surface area contributed by atoms with Crippen molar-refractivity contribution in [3.05, 3.63) is 5.89 Å². The third-order valence-electron chi connectivity index (χ3n) is 0.542. The molecule has 1 aromatic rings. The number of aromatic nitrogens is 2. The molecule has 0 aliphatic heterocycles. The van der Waals surface area contributed by atoms with E-state index in [0.717, 1.165) is 0 Å². The van der Waals surface area contributed by atoms with E-state index in [1.165, 1.54) is 0 Å². The molecule has 46 valence electrons. The van der Waals surface area contributed by atoms with Crippen LogP contribution in [0.15, 0.2) is 4.42 Å². The lowest BCUT2D eigenvalue weighted by Crippen LogP contribution is -1.81. The van der Waals surface area contributed by atoms with E-state index in [1.807, 2.05) is 0 Å². The molecule has 0 aromatic carbocycles. The number of hydrogen-bond donors (Lipinski definition) is 1. The van der Waals surface area contributed by atoms with Crippen molar-refractivity contribution >= 4 is 23.0 Å². The number of nitrogens with two attached hydrogens (primary N) is 1. The van der Waals surface area contributed by atoms with Crippen molar-refractivity contribution in [3.63, 3.8) is 0 Å². The first kappa shape index (κ1) is 7.42. The quantitative estimate of drug-likeness (QED) is 0.632. The number of anilines is 1. The fourth-order valence-corrected chi connectivity index (χ4v) is 0.312. The van der Waals surface area contributed by atoms with Gasteiger partial charge < -0.3 is 10.2 Å². The van der Waals surface area contributed by atoms with Crippen molar-refractivity contribution in [1.82, 2.24) is 10.2 Å². The zero-order valence-corrected chi connectivity index (χ0v) is 6.00. The third kappa shape index (κ3) is 1.49. The Labute approximate surface area is 56.9 Å². The summed E-state index contributed by atoms with van der Waals surface area (Å²) in [7, 11) is 0. The standard InChI is InChI=1S/C3H5N3O.BrH/c1-2-5-6-3(4)7-2;/h1H3,(H2,4,6);1H. The second kappa shape index (κ2) is 2.66. The molecule has 5 heteroatoms. The van der Waals surface area contributed by atoms with Crippen LogP contribution in [0.4, 0.5) is 6.01 Å². The van der Waals surface area contributed by atoms with E-state index in [2.05, 4.69) is 14.6 Å². The second-order valence-corrected chi connectivity index (χ2v) is 1.16. The van der Waals surface area contributed by atoms with Gasteiger partial charge in [-0.1, -0.05) is 5.10 Å². The molecule has 0 bridgehead atoms. The van der Waals surface area contributed by atoms with Gasteiger partial charge in [0, 0.05) is 6.92 Å². The highest BCUT2D eigenvalue weighted by Gasteiger charge is 1.90. The minimum atomic E-state index is 0. The smallest absolute Gasteiger partial charge is 0.312 e. The van der Waals surface area contributed by atoms with Gasteiger partial charge in [0.15, 0.2) is 0 Å². The molecule has 2 N–H and O–H groups in total. The number of aryl methyl sites for hydroxylation is 1. The lowest BCUT2D eigenvalue weighted by atomic mass is 10.8. The molecule has 0 aliphatic carbocycles. The summed E-state index contributed by atoms with van der Waals surface area (Å²) >= 11 is 0. The van der Waals surface area contributed by atoms with Crippen LogP contribution in [0.25, 0.3) is 0 Å². The van der Waals surface area contributed by atoms with Crippen molar-refractivity contribution in [2.75, 3.05) is 5.73 Å². The highest BCUT2D eigenvalue weighted by molar-refractivity contribution is 8.93. The van der Waals surface area contributed by atoms with Crippen LogP contribution in [0.5, 0.6) is 0 Å². The van der Waals surface area contributed by atoms with Crippen LogP contribution < -0.4 is 5.73 Å². The molecule has 0 radical (unpaired) electrons. The zero-order valence-electron chi connectivity index (χ0n) is 4.29. The topological polar surface area (TPSA) is 64.9 Å². The fraction of sp³-hybridized carbons (Fsp3) is 0.333. The van der Waals surface area contributed by atoms with E-state index in [9.17, 15) is 0 Å². The first-order valence-electron chi connectivity index (χ1n) is 1.84. The SMILES string of the molecule is Br.Cc1nnc(N)o1. The molecule has 1 rings (SSSR count). The molecule has 0 fully saturated rings. The molecular weight excluding hydrogens is 174 g/mol. The summed E-state index contributed by atoms with van der Waals surface area (Å²) in [5.41, 5.74) is 5.04. The molecule has 0 amide bonds. The lowest BCUT2D eigenvalue weighted by Gasteiger charge is -1.70. The predicted molar refractivity (Wildman–Crippen MR) is 33.8 cm³/mol. The van der Waals surface area contributed by atoms with Crippen LogP contribution in [0.2, 0.25) is 0 Å². The van der Waals surface area contributed by atoms with Crippen LogP contribution in [-0.4, -0.2) is 10.2 Å². The van der Waals surface area contributed by atoms with Gasteiger partial charge in [-0.25, -0.2) is 0 Å². The fourth-order valence-electron chi connectivity index (χ4n) is 0.312. The predicted octanol–water partition coefficient (Wildman–Crippen LogP) is 0.538.